The first-order chi connectivity index (χ1) is 12.2. The summed E-state index contributed by atoms with van der Waals surface area (Å²) in [6.45, 7) is 1.99. The number of para-hydroxylation sites is 1. The van der Waals surface area contributed by atoms with Gasteiger partial charge in [0.2, 0.25) is 5.75 Å². The van der Waals surface area contributed by atoms with Gasteiger partial charge < -0.3 is 18.3 Å². The largest absolute Gasteiger partial charge is 0.497 e. The van der Waals surface area contributed by atoms with Crippen molar-refractivity contribution in [3.63, 3.8) is 0 Å². The molecule has 0 N–H and O–H groups in total. The van der Waals surface area contributed by atoms with Crippen LogP contribution >= 0.6 is 0 Å². The third kappa shape index (κ3) is 2.74. The first kappa shape index (κ1) is 15.3. The minimum absolute atomic E-state index is 0.140. The van der Waals surface area contributed by atoms with Crippen LogP contribution in [-0.2, 0) is 6.61 Å². The second kappa shape index (κ2) is 6.02. The zero-order valence-corrected chi connectivity index (χ0v) is 13.9. The van der Waals surface area contributed by atoms with Crippen molar-refractivity contribution >= 4 is 21.9 Å². The van der Waals surface area contributed by atoms with Crippen LogP contribution < -0.4 is 15.1 Å². The Morgan fingerprint density at radius 1 is 1.00 bits per heavy atom. The Balaban J connectivity index is 1.65. The number of rotatable bonds is 4. The maximum Gasteiger partial charge on any atom is 0.379 e. The molecular weight excluding hydrogens is 320 g/mol. The number of ether oxygens (including phenoxy) is 2. The summed E-state index contributed by atoms with van der Waals surface area (Å²) in [4.78, 5) is 12.2. The Labute approximate surface area is 143 Å². The van der Waals surface area contributed by atoms with E-state index in [1.807, 2.05) is 49.4 Å². The molecule has 4 aromatic rings. The molecule has 0 bridgehead atoms. The van der Waals surface area contributed by atoms with Gasteiger partial charge in [0, 0.05) is 16.3 Å². The molecule has 0 aliphatic heterocycles. The topological polar surface area (TPSA) is 61.8 Å². The SMILES string of the molecule is COc1ccc2oc(COc3c(C)c4ccccc4oc3=O)cc2c1. The van der Waals surface area contributed by atoms with Crippen LogP contribution in [0, 0.1) is 6.92 Å². The lowest BCUT2D eigenvalue weighted by molar-refractivity contribution is 0.261. The summed E-state index contributed by atoms with van der Waals surface area (Å²) in [6.07, 6.45) is 0. The van der Waals surface area contributed by atoms with Gasteiger partial charge in [0.1, 0.15) is 29.3 Å². The molecule has 0 saturated carbocycles. The minimum atomic E-state index is -0.492. The van der Waals surface area contributed by atoms with Crippen LogP contribution in [-0.4, -0.2) is 7.11 Å². The van der Waals surface area contributed by atoms with Crippen molar-refractivity contribution in [3.05, 3.63) is 70.3 Å². The number of hydrogen-bond donors (Lipinski definition) is 0. The fourth-order valence-electron chi connectivity index (χ4n) is 2.87. The molecule has 0 atom stereocenters. The molecule has 4 rings (SSSR count). The van der Waals surface area contributed by atoms with E-state index in [4.69, 9.17) is 18.3 Å². The number of aryl methyl sites for hydroxylation is 1. The van der Waals surface area contributed by atoms with E-state index in [9.17, 15) is 4.79 Å². The van der Waals surface area contributed by atoms with Crippen molar-refractivity contribution in [2.45, 2.75) is 13.5 Å². The third-order valence-corrected chi connectivity index (χ3v) is 4.15. The number of hydrogen-bond acceptors (Lipinski definition) is 5. The molecule has 0 aliphatic rings. The molecule has 0 amide bonds. The van der Waals surface area contributed by atoms with Crippen LogP contribution in [0.3, 0.4) is 0 Å². The Morgan fingerprint density at radius 2 is 1.84 bits per heavy atom. The molecule has 126 valence electrons. The molecule has 5 nitrogen and oxygen atoms in total. The molecule has 2 heterocycles. The van der Waals surface area contributed by atoms with E-state index >= 15 is 0 Å². The van der Waals surface area contributed by atoms with Crippen LogP contribution in [0.5, 0.6) is 11.5 Å². The van der Waals surface area contributed by atoms with Gasteiger partial charge in [-0.3, -0.25) is 0 Å². The molecule has 0 aliphatic carbocycles. The average Bonchev–Trinajstić information content (AvgIpc) is 3.03. The fourth-order valence-corrected chi connectivity index (χ4v) is 2.87. The summed E-state index contributed by atoms with van der Waals surface area (Å²) in [6, 6.07) is 14.8. The van der Waals surface area contributed by atoms with Crippen LogP contribution in [0.25, 0.3) is 21.9 Å². The van der Waals surface area contributed by atoms with Crippen LogP contribution in [0.1, 0.15) is 11.3 Å². The van der Waals surface area contributed by atoms with Gasteiger partial charge in [-0.15, -0.1) is 0 Å². The molecule has 2 aromatic carbocycles. The summed E-state index contributed by atoms with van der Waals surface area (Å²) in [7, 11) is 1.62. The standard InChI is InChI=1S/C20H16O5/c1-12-16-5-3-4-6-18(16)25-20(21)19(12)23-11-15-10-13-9-14(22-2)7-8-17(13)24-15/h3-10H,11H2,1-2H3. The van der Waals surface area contributed by atoms with Crippen molar-refractivity contribution in [1.82, 2.24) is 0 Å². The monoisotopic (exact) mass is 336 g/mol. The van der Waals surface area contributed by atoms with E-state index in [1.165, 1.54) is 0 Å². The number of furan rings is 1. The first-order valence-corrected chi connectivity index (χ1v) is 7.87. The summed E-state index contributed by atoms with van der Waals surface area (Å²) in [5, 5.41) is 1.77. The van der Waals surface area contributed by atoms with Gasteiger partial charge in [-0.2, -0.15) is 0 Å². The molecule has 5 heteroatoms. The van der Waals surface area contributed by atoms with E-state index < -0.39 is 5.63 Å². The smallest absolute Gasteiger partial charge is 0.379 e. The Morgan fingerprint density at radius 3 is 2.68 bits per heavy atom. The van der Waals surface area contributed by atoms with Crippen LogP contribution in [0.4, 0.5) is 0 Å². The molecule has 0 radical (unpaired) electrons. The third-order valence-electron chi connectivity index (χ3n) is 4.15. The van der Waals surface area contributed by atoms with E-state index in [0.717, 1.165) is 27.7 Å². The summed E-state index contributed by atoms with van der Waals surface area (Å²) < 4.78 is 22.0. The molecular formula is C20H16O5. The van der Waals surface area contributed by atoms with Crippen molar-refractivity contribution in [1.29, 1.82) is 0 Å². The van der Waals surface area contributed by atoms with E-state index in [1.54, 1.807) is 13.2 Å². The van der Waals surface area contributed by atoms with Gasteiger partial charge in [0.05, 0.1) is 7.11 Å². The van der Waals surface area contributed by atoms with Crippen molar-refractivity contribution in [2.24, 2.45) is 0 Å². The summed E-state index contributed by atoms with van der Waals surface area (Å²) in [5.74, 6) is 1.58. The Hall–Kier alpha value is -3.21. The summed E-state index contributed by atoms with van der Waals surface area (Å²) >= 11 is 0. The number of fused-ring (bicyclic) bond motifs is 2. The highest BCUT2D eigenvalue weighted by Crippen LogP contribution is 2.27. The summed E-state index contributed by atoms with van der Waals surface area (Å²) in [5.41, 5.74) is 1.55. The van der Waals surface area contributed by atoms with Gasteiger partial charge in [0.25, 0.3) is 0 Å². The zero-order chi connectivity index (χ0) is 17.4. The molecule has 0 fully saturated rings. The quantitative estimate of drug-likeness (QED) is 0.516. The van der Waals surface area contributed by atoms with Crippen molar-refractivity contribution in [3.8, 4) is 11.5 Å². The second-order valence-corrected chi connectivity index (χ2v) is 5.74. The number of benzene rings is 2. The van der Waals surface area contributed by atoms with E-state index in [2.05, 4.69) is 0 Å². The van der Waals surface area contributed by atoms with Gasteiger partial charge in [-0.1, -0.05) is 18.2 Å². The van der Waals surface area contributed by atoms with Gasteiger partial charge in [-0.25, -0.2) is 4.79 Å². The fraction of sp³-hybridized carbons (Fsp3) is 0.150. The Bertz CT molecular complexity index is 1120. The Kier molecular flexibility index (Phi) is 3.69. The second-order valence-electron chi connectivity index (χ2n) is 5.74. The average molecular weight is 336 g/mol. The van der Waals surface area contributed by atoms with Crippen molar-refractivity contribution < 1.29 is 18.3 Å². The highest BCUT2D eigenvalue weighted by molar-refractivity contribution is 5.82. The molecule has 0 spiro atoms. The van der Waals surface area contributed by atoms with Gasteiger partial charge >= 0.3 is 5.63 Å². The minimum Gasteiger partial charge on any atom is -0.497 e. The van der Waals surface area contributed by atoms with E-state index in [0.29, 0.717) is 11.3 Å². The lowest BCUT2D eigenvalue weighted by Gasteiger charge is -2.08. The lowest BCUT2D eigenvalue weighted by atomic mass is 10.1. The predicted molar refractivity (Wildman–Crippen MR) is 94.3 cm³/mol. The van der Waals surface area contributed by atoms with Crippen molar-refractivity contribution in [2.75, 3.05) is 7.11 Å². The van der Waals surface area contributed by atoms with Gasteiger partial charge in [-0.05, 0) is 37.3 Å². The maximum absolute atomic E-state index is 12.2. The molecule has 0 saturated heterocycles. The number of methoxy groups -OCH3 is 1. The highest BCUT2D eigenvalue weighted by Gasteiger charge is 2.14. The molecule has 25 heavy (non-hydrogen) atoms. The van der Waals surface area contributed by atoms with Crippen LogP contribution in [0.15, 0.2) is 62.2 Å². The van der Waals surface area contributed by atoms with Crippen LogP contribution in [0.2, 0.25) is 0 Å². The predicted octanol–water partition coefficient (Wildman–Crippen LogP) is 4.44. The zero-order valence-electron chi connectivity index (χ0n) is 13.9. The van der Waals surface area contributed by atoms with Gasteiger partial charge in [0.15, 0.2) is 0 Å². The lowest BCUT2D eigenvalue weighted by Crippen LogP contribution is -2.09. The molecule has 2 aromatic heterocycles. The maximum atomic E-state index is 12.2. The first-order valence-electron chi connectivity index (χ1n) is 7.87. The normalized spacial score (nSPS) is 11.1. The molecule has 0 unspecified atom stereocenters. The van der Waals surface area contributed by atoms with E-state index in [-0.39, 0.29) is 12.4 Å². The highest BCUT2D eigenvalue weighted by atomic mass is 16.5.